The molecule has 31 heavy (non-hydrogen) atoms. The number of rotatable bonds is 7. The average molecular weight is 469 g/mol. The van der Waals surface area contributed by atoms with Gasteiger partial charge in [0.1, 0.15) is 10.6 Å². The molecule has 0 spiro atoms. The van der Waals surface area contributed by atoms with Crippen molar-refractivity contribution >= 4 is 31.5 Å². The van der Waals surface area contributed by atoms with Crippen LogP contribution in [-0.2, 0) is 31.2 Å². The van der Waals surface area contributed by atoms with Crippen LogP contribution in [0.25, 0.3) is 0 Å². The smallest absolute Gasteiger partial charge is 0.247 e. The molecule has 1 saturated heterocycles. The minimum absolute atomic E-state index is 0.0301. The van der Waals surface area contributed by atoms with Crippen LogP contribution in [0.2, 0.25) is 0 Å². The lowest BCUT2D eigenvalue weighted by molar-refractivity contribution is -0.114. The Bertz CT molecular complexity index is 1170. The fourth-order valence-corrected chi connectivity index (χ4v) is 7.24. The predicted molar refractivity (Wildman–Crippen MR) is 115 cm³/mol. The summed E-state index contributed by atoms with van der Waals surface area (Å²) in [6.45, 7) is 1.15. The lowest BCUT2D eigenvalue weighted by Crippen LogP contribution is -2.46. The quantitative estimate of drug-likeness (QED) is 0.620. The largest absolute Gasteiger partial charge is 0.495 e. The van der Waals surface area contributed by atoms with Gasteiger partial charge >= 0.3 is 0 Å². The third kappa shape index (κ3) is 5.24. The van der Waals surface area contributed by atoms with Gasteiger partial charge in [0.25, 0.3) is 0 Å². The van der Waals surface area contributed by atoms with Crippen LogP contribution >= 0.6 is 0 Å². The highest BCUT2D eigenvalue weighted by Gasteiger charge is 2.45. The van der Waals surface area contributed by atoms with Crippen molar-refractivity contribution in [3.05, 3.63) is 54.1 Å². The number of aliphatic hydroxyl groups is 1. The van der Waals surface area contributed by atoms with E-state index in [0.717, 1.165) is 4.31 Å². The normalized spacial score (nSPS) is 20.5. The lowest BCUT2D eigenvalue weighted by Gasteiger charge is -2.30. The third-order valence-corrected chi connectivity index (χ3v) is 8.51. The second-order valence-corrected chi connectivity index (χ2v) is 11.3. The Labute approximate surface area is 181 Å². The topological polar surface area (TPSA) is 130 Å². The summed E-state index contributed by atoms with van der Waals surface area (Å²) in [6.07, 6.45) is -1.37. The molecule has 1 amide bonds. The maximum Gasteiger partial charge on any atom is 0.247 e. The molecule has 0 unspecified atom stereocenters. The van der Waals surface area contributed by atoms with E-state index < -0.39 is 43.5 Å². The zero-order chi connectivity index (χ0) is 22.8. The molecule has 2 N–H and O–H groups in total. The molecular weight excluding hydrogens is 444 g/mol. The molecule has 1 fully saturated rings. The lowest BCUT2D eigenvalue weighted by atomic mass is 10.2. The zero-order valence-corrected chi connectivity index (χ0v) is 18.7. The summed E-state index contributed by atoms with van der Waals surface area (Å²) in [7, 11) is -6.63. The van der Waals surface area contributed by atoms with Crippen molar-refractivity contribution in [3.8, 4) is 5.75 Å². The first-order valence-corrected chi connectivity index (χ1v) is 12.7. The van der Waals surface area contributed by atoms with Crippen LogP contribution in [0.4, 0.5) is 5.69 Å². The van der Waals surface area contributed by atoms with Crippen molar-refractivity contribution in [2.24, 2.45) is 0 Å². The van der Waals surface area contributed by atoms with E-state index in [4.69, 9.17) is 4.74 Å². The molecule has 9 nitrogen and oxygen atoms in total. The summed E-state index contributed by atoms with van der Waals surface area (Å²) in [5.74, 6) is -1.36. The summed E-state index contributed by atoms with van der Waals surface area (Å²) in [6, 6.07) is 11.7. The van der Waals surface area contributed by atoms with Crippen molar-refractivity contribution in [1.82, 2.24) is 4.31 Å². The number of methoxy groups -OCH3 is 1. The van der Waals surface area contributed by atoms with Crippen LogP contribution in [0.5, 0.6) is 5.75 Å². The van der Waals surface area contributed by atoms with Crippen molar-refractivity contribution in [1.29, 1.82) is 0 Å². The number of anilines is 1. The van der Waals surface area contributed by atoms with Crippen LogP contribution < -0.4 is 10.1 Å². The second-order valence-electron chi connectivity index (χ2n) is 7.29. The molecule has 11 heteroatoms. The Morgan fingerprint density at radius 1 is 1.19 bits per heavy atom. The van der Waals surface area contributed by atoms with E-state index in [0.29, 0.717) is 5.56 Å². The highest BCUT2D eigenvalue weighted by atomic mass is 32.2. The Morgan fingerprint density at radius 3 is 2.42 bits per heavy atom. The summed E-state index contributed by atoms with van der Waals surface area (Å²) >= 11 is 0. The fraction of sp³-hybridized carbons (Fsp3) is 0.350. The first-order valence-electron chi connectivity index (χ1n) is 9.43. The van der Waals surface area contributed by atoms with Gasteiger partial charge in [-0.2, -0.15) is 4.31 Å². The molecule has 2 atom stereocenters. The molecular formula is C20H24N2O7S2. The molecule has 1 aliphatic rings. The Balaban J connectivity index is 2.12. The van der Waals surface area contributed by atoms with Crippen LogP contribution in [0.15, 0.2) is 53.4 Å². The first-order chi connectivity index (χ1) is 14.5. The number of amides is 1. The number of ether oxygens (including phenoxy) is 1. The van der Waals surface area contributed by atoms with Crippen molar-refractivity contribution in [2.75, 3.05) is 23.9 Å². The molecule has 0 saturated carbocycles. The molecule has 0 aromatic heterocycles. The van der Waals surface area contributed by atoms with Crippen LogP contribution in [0.3, 0.4) is 0 Å². The van der Waals surface area contributed by atoms with Gasteiger partial charge in [0.2, 0.25) is 15.9 Å². The van der Waals surface area contributed by atoms with E-state index in [1.807, 2.05) is 0 Å². The van der Waals surface area contributed by atoms with Gasteiger partial charge in [-0.1, -0.05) is 30.3 Å². The molecule has 2 aromatic carbocycles. The highest BCUT2D eigenvalue weighted by molar-refractivity contribution is 7.92. The van der Waals surface area contributed by atoms with Gasteiger partial charge in [0, 0.05) is 19.2 Å². The minimum Gasteiger partial charge on any atom is -0.495 e. The summed E-state index contributed by atoms with van der Waals surface area (Å²) < 4.78 is 57.9. The number of hydrogen-bond donors (Lipinski definition) is 2. The number of carbonyl (C=O) groups excluding carboxylic acids is 1. The molecule has 0 aliphatic carbocycles. The summed E-state index contributed by atoms with van der Waals surface area (Å²) in [5.41, 5.74) is 0.866. The number of sulfone groups is 1. The monoisotopic (exact) mass is 468 g/mol. The van der Waals surface area contributed by atoms with Crippen LogP contribution in [-0.4, -0.2) is 62.9 Å². The Morgan fingerprint density at radius 2 is 1.87 bits per heavy atom. The van der Waals surface area contributed by atoms with E-state index in [2.05, 4.69) is 5.32 Å². The molecule has 168 valence electrons. The summed E-state index contributed by atoms with van der Waals surface area (Å²) in [4.78, 5) is 11.2. The van der Waals surface area contributed by atoms with Gasteiger partial charge in [-0.15, -0.1) is 0 Å². The van der Waals surface area contributed by atoms with Gasteiger partial charge in [0.15, 0.2) is 9.84 Å². The Hall–Kier alpha value is -2.47. The molecule has 3 rings (SSSR count). The third-order valence-electron chi connectivity index (χ3n) is 4.92. The van der Waals surface area contributed by atoms with E-state index >= 15 is 0 Å². The molecule has 2 aromatic rings. The van der Waals surface area contributed by atoms with E-state index in [1.54, 1.807) is 30.3 Å². The Kier molecular flexibility index (Phi) is 6.70. The predicted octanol–water partition coefficient (Wildman–Crippen LogP) is 1.00. The summed E-state index contributed by atoms with van der Waals surface area (Å²) in [5, 5.41) is 12.9. The molecule has 1 heterocycles. The number of benzene rings is 2. The van der Waals surface area contributed by atoms with E-state index in [1.165, 1.54) is 32.2 Å². The van der Waals surface area contributed by atoms with E-state index in [9.17, 15) is 26.7 Å². The van der Waals surface area contributed by atoms with Gasteiger partial charge in [-0.3, -0.25) is 4.79 Å². The van der Waals surface area contributed by atoms with Gasteiger partial charge in [-0.05, 0) is 23.8 Å². The maximum absolute atomic E-state index is 13.7. The fourth-order valence-electron chi connectivity index (χ4n) is 3.52. The SMILES string of the molecule is COc1ccc(NC(C)=O)cc1S(=O)(=O)N(Cc1ccccc1)[C@@H]1CS(=O)(=O)C[C@H]1O. The van der Waals surface area contributed by atoms with Gasteiger partial charge in [0.05, 0.1) is 30.8 Å². The number of nitrogens with zero attached hydrogens (tertiary/aromatic N) is 1. The van der Waals surface area contributed by atoms with E-state index in [-0.39, 0.29) is 28.8 Å². The van der Waals surface area contributed by atoms with Crippen LogP contribution in [0.1, 0.15) is 12.5 Å². The van der Waals surface area contributed by atoms with Crippen LogP contribution in [0, 0.1) is 0 Å². The molecule has 0 radical (unpaired) electrons. The van der Waals surface area contributed by atoms with Crippen molar-refractivity contribution in [3.63, 3.8) is 0 Å². The number of nitrogens with one attached hydrogen (secondary N) is 1. The minimum atomic E-state index is -4.33. The molecule has 1 aliphatic heterocycles. The average Bonchev–Trinajstić information content (AvgIpc) is 2.98. The zero-order valence-electron chi connectivity index (χ0n) is 17.1. The number of aliphatic hydroxyl groups excluding tert-OH is 1. The second kappa shape index (κ2) is 8.95. The van der Waals surface area contributed by atoms with Gasteiger partial charge < -0.3 is 15.2 Å². The first kappa shape index (κ1) is 23.2. The van der Waals surface area contributed by atoms with Crippen molar-refractivity contribution < 1.29 is 31.5 Å². The number of carbonyl (C=O) groups is 1. The number of hydrogen-bond acceptors (Lipinski definition) is 7. The molecule has 0 bridgehead atoms. The van der Waals surface area contributed by atoms with Gasteiger partial charge in [-0.25, -0.2) is 16.8 Å². The van der Waals surface area contributed by atoms with Crippen molar-refractivity contribution in [2.45, 2.75) is 30.5 Å². The highest BCUT2D eigenvalue weighted by Crippen LogP contribution is 2.33. The number of sulfonamides is 1. The standard InChI is InChI=1S/C20H24N2O7S2/c1-14(23)21-16-8-9-19(29-2)20(10-16)31(27,28)22(11-15-6-4-3-5-7-15)17-12-30(25,26)13-18(17)24/h3-10,17-18,24H,11-13H2,1-2H3,(H,21,23)/t17-,18-/m1/s1. The maximum atomic E-state index is 13.7.